The van der Waals surface area contributed by atoms with Gasteiger partial charge >= 0.3 is 0 Å². The number of ketones is 1. The number of halogens is 2. The Morgan fingerprint density at radius 3 is 2.24 bits per heavy atom. The number of ether oxygens (including phenoxy) is 2. The minimum Gasteiger partial charge on any atom is -0.493 e. The molecule has 0 unspecified atom stereocenters. The van der Waals surface area contributed by atoms with Crippen molar-refractivity contribution in [3.63, 3.8) is 0 Å². The van der Waals surface area contributed by atoms with E-state index in [-0.39, 0.29) is 16.7 Å². The topological polar surface area (TPSA) is 35.5 Å². The lowest BCUT2D eigenvalue weighted by atomic mass is 10.0. The molecule has 0 aliphatic rings. The number of hydrogen-bond donors (Lipinski definition) is 0. The highest BCUT2D eigenvalue weighted by Gasteiger charge is 2.18. The molecule has 0 aliphatic carbocycles. The number of methoxy groups -OCH3 is 2. The van der Waals surface area contributed by atoms with E-state index in [9.17, 15) is 13.6 Å². The first-order chi connectivity index (χ1) is 9.97. The van der Waals surface area contributed by atoms with Crippen molar-refractivity contribution >= 4 is 5.78 Å². The molecule has 0 amide bonds. The Morgan fingerprint density at radius 1 is 0.952 bits per heavy atom. The predicted molar refractivity (Wildman–Crippen MR) is 74.1 cm³/mol. The molecule has 3 nitrogen and oxygen atoms in total. The number of carbonyl (C=O) groups is 1. The van der Waals surface area contributed by atoms with E-state index in [0.717, 1.165) is 12.1 Å². The Balaban J connectivity index is 2.47. The van der Waals surface area contributed by atoms with Crippen LogP contribution in [0.2, 0.25) is 0 Å². The normalized spacial score (nSPS) is 10.3. The van der Waals surface area contributed by atoms with Gasteiger partial charge in [-0.3, -0.25) is 4.79 Å². The van der Waals surface area contributed by atoms with Crippen LogP contribution in [0.5, 0.6) is 11.5 Å². The number of hydrogen-bond acceptors (Lipinski definition) is 3. The second-order valence-corrected chi connectivity index (χ2v) is 4.48. The zero-order valence-corrected chi connectivity index (χ0v) is 11.9. The van der Waals surface area contributed by atoms with Crippen molar-refractivity contribution in [2.45, 2.75) is 6.92 Å². The van der Waals surface area contributed by atoms with Gasteiger partial charge in [-0.15, -0.1) is 0 Å². The van der Waals surface area contributed by atoms with Crippen LogP contribution in [0.3, 0.4) is 0 Å². The molecule has 2 aromatic rings. The molecule has 0 heterocycles. The van der Waals surface area contributed by atoms with Crippen LogP contribution in [0.1, 0.15) is 21.5 Å². The van der Waals surface area contributed by atoms with Crippen LogP contribution in [0, 0.1) is 18.6 Å². The van der Waals surface area contributed by atoms with E-state index in [4.69, 9.17) is 9.47 Å². The Bertz CT molecular complexity index is 696. The summed E-state index contributed by atoms with van der Waals surface area (Å²) in [4.78, 5) is 12.3. The van der Waals surface area contributed by atoms with Gasteiger partial charge in [-0.25, -0.2) is 8.78 Å². The van der Waals surface area contributed by atoms with Crippen molar-refractivity contribution in [1.29, 1.82) is 0 Å². The van der Waals surface area contributed by atoms with Crippen molar-refractivity contribution in [1.82, 2.24) is 0 Å². The summed E-state index contributed by atoms with van der Waals surface area (Å²) in [5.41, 5.74) is 0.0245. The Kier molecular flexibility index (Phi) is 4.21. The molecule has 21 heavy (non-hydrogen) atoms. The van der Waals surface area contributed by atoms with Gasteiger partial charge in [-0.2, -0.15) is 0 Å². The maximum atomic E-state index is 13.9. The summed E-state index contributed by atoms with van der Waals surface area (Å²) in [5, 5.41) is 0. The van der Waals surface area contributed by atoms with Gasteiger partial charge in [-0.05, 0) is 42.8 Å². The van der Waals surface area contributed by atoms with Crippen molar-refractivity contribution < 1.29 is 23.0 Å². The summed E-state index contributed by atoms with van der Waals surface area (Å²) in [6.45, 7) is 1.43. The molecule has 0 saturated heterocycles. The molecular weight excluding hydrogens is 278 g/mol. The summed E-state index contributed by atoms with van der Waals surface area (Å²) >= 11 is 0. The van der Waals surface area contributed by atoms with E-state index in [2.05, 4.69) is 0 Å². The average molecular weight is 292 g/mol. The summed E-state index contributed by atoms with van der Waals surface area (Å²) < 4.78 is 37.5. The first-order valence-corrected chi connectivity index (χ1v) is 6.20. The Hall–Kier alpha value is -2.43. The van der Waals surface area contributed by atoms with Gasteiger partial charge in [0.15, 0.2) is 17.3 Å². The maximum Gasteiger partial charge on any atom is 0.196 e. The van der Waals surface area contributed by atoms with Crippen LogP contribution in [-0.4, -0.2) is 20.0 Å². The molecule has 0 aromatic heterocycles. The molecule has 0 bridgehead atoms. The van der Waals surface area contributed by atoms with Gasteiger partial charge in [-0.1, -0.05) is 0 Å². The maximum absolute atomic E-state index is 13.9. The van der Waals surface area contributed by atoms with Crippen molar-refractivity contribution in [3.8, 4) is 11.5 Å². The molecule has 0 radical (unpaired) electrons. The Labute approximate surface area is 121 Å². The van der Waals surface area contributed by atoms with E-state index in [1.54, 1.807) is 0 Å². The average Bonchev–Trinajstić information content (AvgIpc) is 2.49. The SMILES string of the molecule is COc1ccc(C(=O)c2cc(F)c(C)cc2F)cc1OC. The van der Waals surface area contributed by atoms with Crippen molar-refractivity contribution in [2.75, 3.05) is 14.2 Å². The zero-order chi connectivity index (χ0) is 15.6. The summed E-state index contributed by atoms with van der Waals surface area (Å²) in [6, 6.07) is 6.35. The largest absolute Gasteiger partial charge is 0.493 e. The van der Waals surface area contributed by atoms with Crippen LogP contribution in [0.15, 0.2) is 30.3 Å². The third-order valence-electron chi connectivity index (χ3n) is 3.14. The van der Waals surface area contributed by atoms with Gasteiger partial charge in [0.25, 0.3) is 0 Å². The highest BCUT2D eigenvalue weighted by Crippen LogP contribution is 2.29. The molecule has 0 saturated carbocycles. The second kappa shape index (κ2) is 5.91. The number of carbonyl (C=O) groups excluding carboxylic acids is 1. The highest BCUT2D eigenvalue weighted by molar-refractivity contribution is 6.09. The van der Waals surface area contributed by atoms with Gasteiger partial charge < -0.3 is 9.47 Å². The van der Waals surface area contributed by atoms with E-state index in [1.807, 2.05) is 0 Å². The summed E-state index contributed by atoms with van der Waals surface area (Å²) in [6.07, 6.45) is 0. The molecule has 2 rings (SSSR count). The highest BCUT2D eigenvalue weighted by atomic mass is 19.1. The van der Waals surface area contributed by atoms with E-state index >= 15 is 0 Å². The summed E-state index contributed by atoms with van der Waals surface area (Å²) in [7, 11) is 2.90. The molecule has 0 fully saturated rings. The van der Waals surface area contributed by atoms with Gasteiger partial charge in [0, 0.05) is 5.56 Å². The van der Waals surface area contributed by atoms with Gasteiger partial charge in [0.2, 0.25) is 0 Å². The zero-order valence-electron chi connectivity index (χ0n) is 11.9. The number of aryl methyl sites for hydroxylation is 1. The molecule has 110 valence electrons. The van der Waals surface area contributed by atoms with Crippen LogP contribution in [-0.2, 0) is 0 Å². The quantitative estimate of drug-likeness (QED) is 0.809. The molecule has 0 N–H and O–H groups in total. The van der Waals surface area contributed by atoms with E-state index in [1.165, 1.54) is 39.3 Å². The lowest BCUT2D eigenvalue weighted by Gasteiger charge is -2.10. The molecular formula is C16H14F2O3. The smallest absolute Gasteiger partial charge is 0.196 e. The molecule has 2 aromatic carbocycles. The fourth-order valence-electron chi connectivity index (χ4n) is 1.95. The monoisotopic (exact) mass is 292 g/mol. The molecule has 0 atom stereocenters. The lowest BCUT2D eigenvalue weighted by molar-refractivity contribution is 0.103. The fraction of sp³-hybridized carbons (Fsp3) is 0.188. The van der Waals surface area contributed by atoms with E-state index in [0.29, 0.717) is 11.5 Å². The Morgan fingerprint density at radius 2 is 1.62 bits per heavy atom. The third kappa shape index (κ3) is 2.86. The second-order valence-electron chi connectivity index (χ2n) is 4.48. The first kappa shape index (κ1) is 15.0. The van der Waals surface area contributed by atoms with Gasteiger partial charge in [0.1, 0.15) is 11.6 Å². The lowest BCUT2D eigenvalue weighted by Crippen LogP contribution is -2.06. The minimum atomic E-state index is -0.756. The van der Waals surface area contributed by atoms with Gasteiger partial charge in [0.05, 0.1) is 19.8 Å². The standard InChI is InChI=1S/C16H14F2O3/c1-9-6-13(18)11(8-12(9)17)16(19)10-4-5-14(20-2)15(7-10)21-3/h4-8H,1-3H3. The van der Waals surface area contributed by atoms with E-state index < -0.39 is 17.4 Å². The molecule has 0 spiro atoms. The van der Waals surface area contributed by atoms with Crippen LogP contribution in [0.4, 0.5) is 8.78 Å². The molecule has 0 aliphatic heterocycles. The first-order valence-electron chi connectivity index (χ1n) is 6.20. The minimum absolute atomic E-state index is 0.149. The van der Waals surface area contributed by atoms with Crippen molar-refractivity contribution in [2.24, 2.45) is 0 Å². The predicted octanol–water partition coefficient (Wildman–Crippen LogP) is 3.52. The summed E-state index contributed by atoms with van der Waals surface area (Å²) in [5.74, 6) is -1.21. The van der Waals surface area contributed by atoms with Crippen LogP contribution < -0.4 is 9.47 Å². The van der Waals surface area contributed by atoms with Crippen LogP contribution >= 0.6 is 0 Å². The van der Waals surface area contributed by atoms with Crippen molar-refractivity contribution in [3.05, 3.63) is 58.7 Å². The fourth-order valence-corrected chi connectivity index (χ4v) is 1.95. The number of rotatable bonds is 4. The number of benzene rings is 2. The third-order valence-corrected chi connectivity index (χ3v) is 3.14. The van der Waals surface area contributed by atoms with Crippen LogP contribution in [0.25, 0.3) is 0 Å². The molecule has 5 heteroatoms.